The monoisotopic (exact) mass is 443 g/mol. The largest absolute Gasteiger partial charge is 0.338 e. The first-order valence-corrected chi connectivity index (χ1v) is 12.9. The average Bonchev–Trinajstić information content (AvgIpc) is 3.30. The van der Waals surface area contributed by atoms with E-state index in [-0.39, 0.29) is 29.2 Å². The number of hydrogen-bond donors (Lipinski definition) is 0. The van der Waals surface area contributed by atoms with Gasteiger partial charge in [-0.05, 0) is 37.1 Å². The smallest absolute Gasteiger partial charge is 0.233 e. The Hall–Kier alpha value is -2.32. The first kappa shape index (κ1) is 20.9. The Labute approximate surface area is 181 Å². The Morgan fingerprint density at radius 1 is 1.17 bits per heavy atom. The lowest BCUT2D eigenvalue weighted by Gasteiger charge is -2.27. The minimum atomic E-state index is -3.04. The van der Waals surface area contributed by atoms with E-state index < -0.39 is 9.84 Å². The molecular formula is C22H25N3O3S2. The molecule has 0 bridgehead atoms. The molecule has 1 amide bonds. The van der Waals surface area contributed by atoms with Crippen molar-refractivity contribution >= 4 is 38.5 Å². The number of carbonyl (C=O) groups is 1. The highest BCUT2D eigenvalue weighted by atomic mass is 32.2. The molecule has 8 heteroatoms. The molecule has 158 valence electrons. The number of hydrogen-bond acceptors (Lipinski definition) is 5. The molecule has 6 nitrogen and oxygen atoms in total. The number of nitrogens with zero attached hydrogens (tertiary/aromatic N) is 3. The number of rotatable bonds is 7. The van der Waals surface area contributed by atoms with Crippen LogP contribution < -0.4 is 0 Å². The van der Waals surface area contributed by atoms with Crippen LogP contribution in [0, 0.1) is 0 Å². The first-order valence-electron chi connectivity index (χ1n) is 10.1. The van der Waals surface area contributed by atoms with Crippen LogP contribution in [0.25, 0.3) is 16.7 Å². The second kappa shape index (κ2) is 8.81. The lowest BCUT2D eigenvalue weighted by Crippen LogP contribution is -2.42. The van der Waals surface area contributed by atoms with Gasteiger partial charge in [0.05, 0.1) is 28.3 Å². The molecule has 0 radical (unpaired) electrons. The van der Waals surface area contributed by atoms with Gasteiger partial charge in [0.15, 0.2) is 15.0 Å². The molecule has 1 aliphatic heterocycles. The third-order valence-corrected chi connectivity index (χ3v) is 7.98. The lowest BCUT2D eigenvalue weighted by atomic mass is 10.2. The van der Waals surface area contributed by atoms with Crippen LogP contribution in [0.2, 0.25) is 0 Å². The Morgan fingerprint density at radius 3 is 2.60 bits per heavy atom. The molecule has 1 saturated heterocycles. The molecular weight excluding hydrogens is 418 g/mol. The highest BCUT2D eigenvalue weighted by Crippen LogP contribution is 2.28. The molecule has 1 aromatic heterocycles. The summed E-state index contributed by atoms with van der Waals surface area (Å²) in [5.74, 6) is 0.441. The minimum Gasteiger partial charge on any atom is -0.338 e. The van der Waals surface area contributed by atoms with Gasteiger partial charge in [-0.25, -0.2) is 13.4 Å². The quantitative estimate of drug-likeness (QED) is 0.522. The van der Waals surface area contributed by atoms with Crippen LogP contribution in [0.5, 0.6) is 0 Å². The maximum Gasteiger partial charge on any atom is 0.233 e. The van der Waals surface area contributed by atoms with Gasteiger partial charge in [-0.2, -0.15) is 0 Å². The number of amides is 1. The molecule has 0 aliphatic carbocycles. The summed E-state index contributed by atoms with van der Waals surface area (Å²) in [7, 11) is -3.04. The van der Waals surface area contributed by atoms with Crippen molar-refractivity contribution in [3.05, 3.63) is 54.6 Å². The molecule has 0 N–H and O–H groups in total. The highest BCUT2D eigenvalue weighted by Gasteiger charge is 2.34. The minimum absolute atomic E-state index is 0.0318. The molecule has 0 saturated carbocycles. The number of para-hydroxylation sites is 3. The van der Waals surface area contributed by atoms with Crippen molar-refractivity contribution in [2.75, 3.05) is 23.8 Å². The zero-order valence-corrected chi connectivity index (χ0v) is 18.5. The number of fused-ring (bicyclic) bond motifs is 1. The summed E-state index contributed by atoms with van der Waals surface area (Å²) in [4.78, 5) is 19.5. The molecule has 3 aromatic rings. The second-order valence-corrected chi connectivity index (χ2v) is 10.7. The Balaban J connectivity index is 1.58. The van der Waals surface area contributed by atoms with Gasteiger partial charge in [0.1, 0.15) is 0 Å². The van der Waals surface area contributed by atoms with E-state index in [1.807, 2.05) is 61.5 Å². The van der Waals surface area contributed by atoms with E-state index in [2.05, 4.69) is 4.57 Å². The lowest BCUT2D eigenvalue weighted by molar-refractivity contribution is -0.130. The number of imidazole rings is 1. The van der Waals surface area contributed by atoms with Crippen LogP contribution in [0.4, 0.5) is 0 Å². The van der Waals surface area contributed by atoms with E-state index >= 15 is 0 Å². The molecule has 0 spiro atoms. The van der Waals surface area contributed by atoms with E-state index in [4.69, 9.17) is 4.98 Å². The van der Waals surface area contributed by atoms with Gasteiger partial charge in [0, 0.05) is 18.3 Å². The number of carbonyl (C=O) groups excluding carboxylic acids is 1. The summed E-state index contributed by atoms with van der Waals surface area (Å²) in [6.07, 6.45) is 1.33. The zero-order chi connectivity index (χ0) is 21.1. The maximum atomic E-state index is 13.0. The summed E-state index contributed by atoms with van der Waals surface area (Å²) in [6, 6.07) is 17.7. The standard InChI is InChI=1S/C22H25N3O3S2/c1-2-13-24(18-12-14-30(27,28)16-18)21(26)15-29-22-23-19-10-6-7-11-20(19)25(22)17-8-4-3-5-9-17/h3-11,18H,2,12-16H2,1H3. The van der Waals surface area contributed by atoms with Gasteiger partial charge in [0.2, 0.25) is 5.91 Å². The van der Waals surface area contributed by atoms with E-state index in [1.165, 1.54) is 11.8 Å². The third kappa shape index (κ3) is 4.39. The fourth-order valence-electron chi connectivity index (χ4n) is 3.91. The van der Waals surface area contributed by atoms with E-state index in [0.717, 1.165) is 28.3 Å². The molecule has 1 fully saturated rings. The molecule has 2 aromatic carbocycles. The summed E-state index contributed by atoms with van der Waals surface area (Å²) in [5.41, 5.74) is 2.86. The predicted octanol–water partition coefficient (Wildman–Crippen LogP) is 3.54. The SMILES string of the molecule is CCCN(C(=O)CSc1nc2ccccc2n1-c1ccccc1)C1CCS(=O)(=O)C1. The number of benzene rings is 2. The van der Waals surface area contributed by atoms with Crippen LogP contribution in [-0.4, -0.2) is 58.6 Å². The van der Waals surface area contributed by atoms with Gasteiger partial charge in [-0.3, -0.25) is 9.36 Å². The molecule has 4 rings (SSSR count). The van der Waals surface area contributed by atoms with Crippen molar-refractivity contribution in [2.24, 2.45) is 0 Å². The summed E-state index contributed by atoms with van der Waals surface area (Å²) in [5, 5.41) is 0.756. The van der Waals surface area contributed by atoms with Crippen molar-refractivity contribution in [1.29, 1.82) is 0 Å². The van der Waals surface area contributed by atoms with Crippen molar-refractivity contribution < 1.29 is 13.2 Å². The zero-order valence-electron chi connectivity index (χ0n) is 16.9. The topological polar surface area (TPSA) is 72.3 Å². The molecule has 1 atom stereocenters. The second-order valence-electron chi connectivity index (χ2n) is 7.49. The maximum absolute atomic E-state index is 13.0. The van der Waals surface area contributed by atoms with Crippen LogP contribution in [0.15, 0.2) is 59.8 Å². The molecule has 30 heavy (non-hydrogen) atoms. The Kier molecular flexibility index (Phi) is 6.15. The number of aromatic nitrogens is 2. The van der Waals surface area contributed by atoms with Gasteiger partial charge < -0.3 is 4.90 Å². The van der Waals surface area contributed by atoms with Gasteiger partial charge >= 0.3 is 0 Å². The predicted molar refractivity (Wildman–Crippen MR) is 121 cm³/mol. The third-order valence-electron chi connectivity index (χ3n) is 5.30. The van der Waals surface area contributed by atoms with Crippen LogP contribution >= 0.6 is 11.8 Å². The van der Waals surface area contributed by atoms with Crippen LogP contribution in [-0.2, 0) is 14.6 Å². The van der Waals surface area contributed by atoms with Crippen LogP contribution in [0.1, 0.15) is 19.8 Å². The summed E-state index contributed by atoms with van der Waals surface area (Å²) >= 11 is 1.40. The van der Waals surface area contributed by atoms with Crippen molar-refractivity contribution in [2.45, 2.75) is 31.0 Å². The number of thioether (sulfide) groups is 1. The molecule has 2 heterocycles. The average molecular weight is 444 g/mol. The fraction of sp³-hybridized carbons (Fsp3) is 0.364. The van der Waals surface area contributed by atoms with E-state index in [9.17, 15) is 13.2 Å². The Morgan fingerprint density at radius 2 is 1.90 bits per heavy atom. The molecule has 1 aliphatic rings. The van der Waals surface area contributed by atoms with Crippen molar-refractivity contribution in [3.8, 4) is 5.69 Å². The van der Waals surface area contributed by atoms with E-state index in [0.29, 0.717) is 13.0 Å². The van der Waals surface area contributed by atoms with E-state index in [1.54, 1.807) is 4.90 Å². The summed E-state index contributed by atoms with van der Waals surface area (Å²) in [6.45, 7) is 2.58. The molecule has 1 unspecified atom stereocenters. The van der Waals surface area contributed by atoms with Crippen molar-refractivity contribution in [1.82, 2.24) is 14.5 Å². The fourth-order valence-corrected chi connectivity index (χ4v) is 6.55. The first-order chi connectivity index (χ1) is 14.5. The van der Waals surface area contributed by atoms with Gasteiger partial charge in [-0.1, -0.05) is 49.0 Å². The highest BCUT2D eigenvalue weighted by molar-refractivity contribution is 7.99. The summed E-state index contributed by atoms with van der Waals surface area (Å²) < 4.78 is 25.9. The Bertz CT molecular complexity index is 1140. The van der Waals surface area contributed by atoms with Crippen molar-refractivity contribution in [3.63, 3.8) is 0 Å². The van der Waals surface area contributed by atoms with Gasteiger partial charge in [-0.15, -0.1) is 0 Å². The van der Waals surface area contributed by atoms with Crippen LogP contribution in [0.3, 0.4) is 0 Å². The normalized spacial score (nSPS) is 18.0. The number of sulfone groups is 1. The van der Waals surface area contributed by atoms with Gasteiger partial charge in [0.25, 0.3) is 0 Å².